The van der Waals surface area contributed by atoms with Gasteiger partial charge in [0.25, 0.3) is 0 Å². The van der Waals surface area contributed by atoms with E-state index in [0.717, 1.165) is 5.69 Å². The zero-order valence-corrected chi connectivity index (χ0v) is 10.0. The van der Waals surface area contributed by atoms with Crippen molar-refractivity contribution in [1.82, 2.24) is 4.98 Å². The normalized spacial score (nSPS) is 10.1. The quantitative estimate of drug-likeness (QED) is 0.626. The maximum atomic E-state index is 5.36. The third-order valence-electron chi connectivity index (χ3n) is 2.76. The lowest BCUT2D eigenvalue weighted by Crippen LogP contribution is -2.13. The van der Waals surface area contributed by atoms with E-state index in [9.17, 15) is 0 Å². The molecule has 0 saturated heterocycles. The molecule has 1 heterocycles. The van der Waals surface area contributed by atoms with E-state index < -0.39 is 0 Å². The number of anilines is 3. The van der Waals surface area contributed by atoms with Gasteiger partial charge in [0.1, 0.15) is 5.82 Å². The van der Waals surface area contributed by atoms with Crippen molar-refractivity contribution in [3.8, 4) is 0 Å². The van der Waals surface area contributed by atoms with Crippen LogP contribution in [0.4, 0.5) is 17.2 Å². The molecule has 2 rings (SSSR count). The fraction of sp³-hybridized carbons (Fsp3) is 0.154. The lowest BCUT2D eigenvalue weighted by molar-refractivity contribution is 1.16. The Morgan fingerprint density at radius 1 is 1.24 bits per heavy atom. The van der Waals surface area contributed by atoms with Gasteiger partial charge in [0.05, 0.1) is 0 Å². The van der Waals surface area contributed by atoms with Gasteiger partial charge in [-0.25, -0.2) is 10.8 Å². The van der Waals surface area contributed by atoms with Crippen molar-refractivity contribution in [1.29, 1.82) is 0 Å². The van der Waals surface area contributed by atoms with E-state index in [1.54, 1.807) is 6.20 Å². The van der Waals surface area contributed by atoms with E-state index in [1.807, 2.05) is 31.3 Å². The van der Waals surface area contributed by atoms with Crippen molar-refractivity contribution in [3.63, 3.8) is 0 Å². The minimum atomic E-state index is 0.655. The second kappa shape index (κ2) is 4.84. The fourth-order valence-corrected chi connectivity index (χ4v) is 1.79. The molecule has 0 spiro atoms. The Morgan fingerprint density at radius 2 is 2.00 bits per heavy atom. The first kappa shape index (κ1) is 11.4. The predicted octanol–water partition coefficient (Wildman–Crippen LogP) is 2.44. The number of nitrogens with zero attached hydrogens (tertiary/aromatic N) is 2. The van der Waals surface area contributed by atoms with Crippen molar-refractivity contribution in [2.24, 2.45) is 5.84 Å². The van der Waals surface area contributed by atoms with Crippen LogP contribution in [0.3, 0.4) is 0 Å². The molecule has 4 heteroatoms. The SMILES string of the molecule is Cc1ccccc1N(C)c1ccnc(NN)c1. The first-order valence-electron chi connectivity index (χ1n) is 5.44. The highest BCUT2D eigenvalue weighted by Gasteiger charge is 2.06. The smallest absolute Gasteiger partial charge is 0.141 e. The van der Waals surface area contributed by atoms with E-state index in [1.165, 1.54) is 11.3 Å². The summed E-state index contributed by atoms with van der Waals surface area (Å²) in [6.45, 7) is 2.09. The van der Waals surface area contributed by atoms with Gasteiger partial charge in [-0.05, 0) is 24.6 Å². The van der Waals surface area contributed by atoms with Crippen LogP contribution in [-0.4, -0.2) is 12.0 Å². The monoisotopic (exact) mass is 228 g/mol. The van der Waals surface area contributed by atoms with Crippen LogP contribution in [0, 0.1) is 6.92 Å². The molecular weight excluding hydrogens is 212 g/mol. The average molecular weight is 228 g/mol. The number of aryl methyl sites for hydroxylation is 1. The van der Waals surface area contributed by atoms with E-state index >= 15 is 0 Å². The van der Waals surface area contributed by atoms with Crippen LogP contribution < -0.4 is 16.2 Å². The highest BCUT2D eigenvalue weighted by molar-refractivity contribution is 5.67. The number of nitrogens with one attached hydrogen (secondary N) is 1. The standard InChI is InChI=1S/C13H16N4/c1-10-5-3-4-6-12(10)17(2)11-7-8-15-13(9-11)16-14/h3-9H,14H2,1-2H3,(H,15,16). The number of hydrogen-bond acceptors (Lipinski definition) is 4. The minimum absolute atomic E-state index is 0.655. The first-order chi connectivity index (χ1) is 8.22. The van der Waals surface area contributed by atoms with E-state index in [4.69, 9.17) is 5.84 Å². The third kappa shape index (κ3) is 2.37. The molecule has 2 aromatic rings. The minimum Gasteiger partial charge on any atom is -0.344 e. The molecule has 4 nitrogen and oxygen atoms in total. The Balaban J connectivity index is 2.37. The van der Waals surface area contributed by atoms with Gasteiger partial charge in [-0.3, -0.25) is 0 Å². The molecule has 1 aromatic heterocycles. The molecule has 0 atom stereocenters. The van der Waals surface area contributed by atoms with Gasteiger partial charge in [-0.1, -0.05) is 18.2 Å². The van der Waals surface area contributed by atoms with E-state index in [0.29, 0.717) is 5.82 Å². The number of para-hydroxylation sites is 1. The van der Waals surface area contributed by atoms with Crippen molar-refractivity contribution in [2.75, 3.05) is 17.4 Å². The lowest BCUT2D eigenvalue weighted by atomic mass is 10.2. The van der Waals surface area contributed by atoms with Gasteiger partial charge in [-0.2, -0.15) is 0 Å². The number of rotatable bonds is 3. The lowest BCUT2D eigenvalue weighted by Gasteiger charge is -2.21. The summed E-state index contributed by atoms with van der Waals surface area (Å²) in [5, 5.41) is 0. The van der Waals surface area contributed by atoms with Crippen molar-refractivity contribution < 1.29 is 0 Å². The molecule has 1 aromatic carbocycles. The molecule has 0 aliphatic heterocycles. The summed E-state index contributed by atoms with van der Waals surface area (Å²) in [6.07, 6.45) is 1.74. The van der Waals surface area contributed by atoms with Crippen LogP contribution in [0.15, 0.2) is 42.6 Å². The van der Waals surface area contributed by atoms with Crippen LogP contribution in [0.25, 0.3) is 0 Å². The van der Waals surface area contributed by atoms with Crippen LogP contribution in [-0.2, 0) is 0 Å². The van der Waals surface area contributed by atoms with Gasteiger partial charge in [0.2, 0.25) is 0 Å². The van der Waals surface area contributed by atoms with Crippen molar-refractivity contribution in [2.45, 2.75) is 6.92 Å². The summed E-state index contributed by atoms with van der Waals surface area (Å²) >= 11 is 0. The second-order valence-corrected chi connectivity index (χ2v) is 3.89. The maximum absolute atomic E-state index is 5.36. The number of nitrogens with two attached hydrogens (primary N) is 1. The number of pyridine rings is 1. The maximum Gasteiger partial charge on any atom is 0.141 e. The van der Waals surface area contributed by atoms with Gasteiger partial charge >= 0.3 is 0 Å². The van der Waals surface area contributed by atoms with Crippen LogP contribution in [0.2, 0.25) is 0 Å². The first-order valence-corrected chi connectivity index (χ1v) is 5.44. The molecule has 0 aliphatic carbocycles. The highest BCUT2D eigenvalue weighted by Crippen LogP contribution is 2.26. The number of hydrogen-bond donors (Lipinski definition) is 2. The number of aromatic nitrogens is 1. The molecule has 3 N–H and O–H groups in total. The fourth-order valence-electron chi connectivity index (χ4n) is 1.79. The zero-order valence-electron chi connectivity index (χ0n) is 10.0. The molecule has 0 amide bonds. The van der Waals surface area contributed by atoms with Gasteiger partial charge in [0, 0.05) is 30.7 Å². The topological polar surface area (TPSA) is 54.2 Å². The molecule has 0 radical (unpaired) electrons. The summed E-state index contributed by atoms with van der Waals surface area (Å²) in [7, 11) is 2.03. The highest BCUT2D eigenvalue weighted by atomic mass is 15.2. The molecular formula is C13H16N4. The number of hydrazine groups is 1. The molecule has 0 fully saturated rings. The Bertz CT molecular complexity index is 510. The molecule has 0 unspecified atom stereocenters. The largest absolute Gasteiger partial charge is 0.344 e. The van der Waals surface area contributed by atoms with Gasteiger partial charge in [-0.15, -0.1) is 0 Å². The Kier molecular flexibility index (Phi) is 3.25. The van der Waals surface area contributed by atoms with Crippen LogP contribution in [0.5, 0.6) is 0 Å². The Morgan fingerprint density at radius 3 is 2.71 bits per heavy atom. The van der Waals surface area contributed by atoms with Gasteiger partial charge < -0.3 is 10.3 Å². The van der Waals surface area contributed by atoms with Gasteiger partial charge in [0.15, 0.2) is 0 Å². The predicted molar refractivity (Wildman–Crippen MR) is 71.3 cm³/mol. The number of nitrogen functional groups attached to an aromatic ring is 1. The van der Waals surface area contributed by atoms with Crippen molar-refractivity contribution >= 4 is 17.2 Å². The van der Waals surface area contributed by atoms with Crippen LogP contribution in [0.1, 0.15) is 5.56 Å². The molecule has 17 heavy (non-hydrogen) atoms. The molecule has 0 bridgehead atoms. The molecule has 0 aliphatic rings. The summed E-state index contributed by atoms with van der Waals surface area (Å²) in [5.74, 6) is 6.01. The Hall–Kier alpha value is -2.07. The van der Waals surface area contributed by atoms with Crippen molar-refractivity contribution in [3.05, 3.63) is 48.2 Å². The third-order valence-corrected chi connectivity index (χ3v) is 2.76. The summed E-state index contributed by atoms with van der Waals surface area (Å²) in [4.78, 5) is 6.20. The zero-order chi connectivity index (χ0) is 12.3. The number of benzene rings is 1. The summed E-state index contributed by atoms with van der Waals surface area (Å²) in [6, 6.07) is 12.1. The molecule has 0 saturated carbocycles. The summed E-state index contributed by atoms with van der Waals surface area (Å²) in [5.41, 5.74) is 5.99. The summed E-state index contributed by atoms with van der Waals surface area (Å²) < 4.78 is 0. The average Bonchev–Trinajstić information content (AvgIpc) is 2.38. The van der Waals surface area contributed by atoms with E-state index in [2.05, 4.69) is 34.4 Å². The van der Waals surface area contributed by atoms with Crippen LogP contribution >= 0.6 is 0 Å². The second-order valence-electron chi connectivity index (χ2n) is 3.89. The molecule has 88 valence electrons. The van der Waals surface area contributed by atoms with E-state index in [-0.39, 0.29) is 0 Å². The Labute approximate surface area is 101 Å².